The number of nitrogens with zero attached hydrogens (tertiary/aromatic N) is 1. The lowest BCUT2D eigenvalue weighted by Crippen LogP contribution is -2.34. The molecule has 0 bridgehead atoms. The number of carboxylic acid groups (broad SMARTS) is 1. The van der Waals surface area contributed by atoms with Gasteiger partial charge in [-0.2, -0.15) is 5.26 Å². The summed E-state index contributed by atoms with van der Waals surface area (Å²) < 4.78 is 13.7. The Morgan fingerprint density at radius 2 is 2.11 bits per heavy atom. The van der Waals surface area contributed by atoms with Gasteiger partial charge in [-0.25, -0.2) is 4.39 Å². The van der Waals surface area contributed by atoms with Gasteiger partial charge in [0.1, 0.15) is 12.6 Å². The van der Waals surface area contributed by atoms with E-state index in [9.17, 15) is 14.0 Å². The minimum atomic E-state index is -1.17. The maximum Gasteiger partial charge on any atom is 0.322 e. The van der Waals surface area contributed by atoms with Crippen molar-refractivity contribution in [1.82, 2.24) is 5.32 Å². The van der Waals surface area contributed by atoms with E-state index in [1.165, 1.54) is 12.1 Å². The molecule has 0 saturated heterocycles. The third-order valence-corrected chi connectivity index (χ3v) is 2.85. The van der Waals surface area contributed by atoms with Crippen molar-refractivity contribution in [3.05, 3.63) is 28.0 Å². The first-order valence-electron chi connectivity index (χ1n) is 5.06. The highest BCUT2D eigenvalue weighted by Crippen LogP contribution is 2.26. The minimum absolute atomic E-state index is 0.00550. The molecule has 6 nitrogen and oxygen atoms in total. The van der Waals surface area contributed by atoms with E-state index in [-0.39, 0.29) is 22.3 Å². The van der Waals surface area contributed by atoms with E-state index in [1.54, 1.807) is 6.07 Å². The molecular weight excluding hydrogens is 321 g/mol. The molecule has 0 aliphatic carbocycles. The van der Waals surface area contributed by atoms with Crippen LogP contribution < -0.4 is 10.6 Å². The van der Waals surface area contributed by atoms with Crippen molar-refractivity contribution >= 4 is 33.5 Å². The summed E-state index contributed by atoms with van der Waals surface area (Å²) in [5.74, 6) is -2.44. The zero-order valence-electron chi connectivity index (χ0n) is 9.54. The molecular formula is C11H9BrFN3O3. The molecule has 1 aromatic rings. The van der Waals surface area contributed by atoms with Crippen molar-refractivity contribution in [3.63, 3.8) is 0 Å². The Morgan fingerprint density at radius 1 is 1.42 bits per heavy atom. The van der Waals surface area contributed by atoms with Gasteiger partial charge >= 0.3 is 5.97 Å². The number of nitriles is 1. The normalized spacial score (nSPS) is 9.53. The molecule has 0 heterocycles. The standard InChI is InChI=1S/C11H9BrFN3O3/c12-10-6(3-14)1-2-7(11(10)13)15-4-8(17)16-5-9(18)19/h1-2,15H,4-5H2,(H,16,17)(H,18,19). The molecule has 1 aromatic carbocycles. The summed E-state index contributed by atoms with van der Waals surface area (Å²) >= 11 is 2.93. The predicted molar refractivity (Wildman–Crippen MR) is 68.0 cm³/mol. The van der Waals surface area contributed by atoms with Crippen LogP contribution in [0.25, 0.3) is 0 Å². The van der Waals surface area contributed by atoms with Gasteiger partial charge in [0.2, 0.25) is 5.91 Å². The zero-order chi connectivity index (χ0) is 14.4. The average molecular weight is 330 g/mol. The van der Waals surface area contributed by atoms with Crippen LogP contribution in [-0.2, 0) is 9.59 Å². The minimum Gasteiger partial charge on any atom is -0.480 e. The van der Waals surface area contributed by atoms with Crippen LogP contribution in [0.1, 0.15) is 5.56 Å². The summed E-state index contributed by atoms with van der Waals surface area (Å²) in [5, 5.41) is 21.7. The quantitative estimate of drug-likeness (QED) is 0.750. The Bertz CT molecular complexity index is 557. The average Bonchev–Trinajstić information content (AvgIpc) is 2.38. The van der Waals surface area contributed by atoms with E-state index < -0.39 is 24.2 Å². The second kappa shape index (κ2) is 6.70. The second-order valence-electron chi connectivity index (χ2n) is 3.42. The summed E-state index contributed by atoms with van der Waals surface area (Å²) in [5.41, 5.74) is 0.176. The van der Waals surface area contributed by atoms with E-state index >= 15 is 0 Å². The molecule has 0 aliphatic rings. The van der Waals surface area contributed by atoms with Gasteiger partial charge < -0.3 is 15.7 Å². The SMILES string of the molecule is N#Cc1ccc(NCC(=O)NCC(=O)O)c(F)c1Br. The summed E-state index contributed by atoms with van der Waals surface area (Å²) in [6.45, 7) is -0.775. The van der Waals surface area contributed by atoms with Gasteiger partial charge in [-0.15, -0.1) is 0 Å². The van der Waals surface area contributed by atoms with Gasteiger partial charge in [0.05, 0.1) is 22.3 Å². The van der Waals surface area contributed by atoms with Crippen molar-refractivity contribution in [2.75, 3.05) is 18.4 Å². The van der Waals surface area contributed by atoms with Gasteiger partial charge in [0, 0.05) is 0 Å². The lowest BCUT2D eigenvalue weighted by Gasteiger charge is -2.09. The van der Waals surface area contributed by atoms with Crippen LogP contribution in [0.3, 0.4) is 0 Å². The highest BCUT2D eigenvalue weighted by Gasteiger charge is 2.12. The van der Waals surface area contributed by atoms with E-state index in [4.69, 9.17) is 10.4 Å². The van der Waals surface area contributed by atoms with Crippen LogP contribution in [0.15, 0.2) is 16.6 Å². The highest BCUT2D eigenvalue weighted by atomic mass is 79.9. The number of aliphatic carboxylic acids is 1. The van der Waals surface area contributed by atoms with Crippen molar-refractivity contribution in [2.45, 2.75) is 0 Å². The fraction of sp³-hybridized carbons (Fsp3) is 0.182. The maximum atomic E-state index is 13.7. The molecule has 0 saturated carbocycles. The van der Waals surface area contributed by atoms with Gasteiger partial charge in [0.25, 0.3) is 0 Å². The van der Waals surface area contributed by atoms with Gasteiger partial charge in [0.15, 0.2) is 5.82 Å². The number of hydrogen-bond acceptors (Lipinski definition) is 4. The first kappa shape index (κ1) is 14.9. The Hall–Kier alpha value is -2.14. The summed E-state index contributed by atoms with van der Waals surface area (Å²) in [4.78, 5) is 21.4. The molecule has 8 heteroatoms. The van der Waals surface area contributed by atoms with Crippen LogP contribution in [0, 0.1) is 17.1 Å². The van der Waals surface area contributed by atoms with Gasteiger partial charge in [-0.1, -0.05) is 0 Å². The van der Waals surface area contributed by atoms with E-state index in [0.29, 0.717) is 0 Å². The number of halogens is 2. The van der Waals surface area contributed by atoms with Gasteiger partial charge in [-0.05, 0) is 28.1 Å². The molecule has 100 valence electrons. The molecule has 3 N–H and O–H groups in total. The molecule has 1 amide bonds. The number of amides is 1. The smallest absolute Gasteiger partial charge is 0.322 e. The first-order valence-corrected chi connectivity index (χ1v) is 5.85. The Labute approximate surface area is 116 Å². The predicted octanol–water partition coefficient (Wildman–Crippen LogP) is 1.07. The Morgan fingerprint density at radius 3 is 2.68 bits per heavy atom. The summed E-state index contributed by atoms with van der Waals surface area (Å²) in [6.07, 6.45) is 0. The summed E-state index contributed by atoms with van der Waals surface area (Å²) in [7, 11) is 0. The lowest BCUT2D eigenvalue weighted by atomic mass is 10.2. The Balaban J connectivity index is 2.64. The van der Waals surface area contributed by atoms with E-state index in [1.807, 2.05) is 0 Å². The van der Waals surface area contributed by atoms with E-state index in [0.717, 1.165) is 0 Å². The molecule has 0 aromatic heterocycles. The monoisotopic (exact) mass is 329 g/mol. The van der Waals surface area contributed by atoms with Crippen LogP contribution in [0.5, 0.6) is 0 Å². The third-order valence-electron chi connectivity index (χ3n) is 2.08. The van der Waals surface area contributed by atoms with Crippen molar-refractivity contribution in [2.24, 2.45) is 0 Å². The van der Waals surface area contributed by atoms with Crippen molar-refractivity contribution in [1.29, 1.82) is 5.26 Å². The number of anilines is 1. The maximum absolute atomic E-state index is 13.7. The fourth-order valence-corrected chi connectivity index (χ4v) is 1.62. The number of carbonyl (C=O) groups is 2. The molecule has 0 aliphatic heterocycles. The third kappa shape index (κ3) is 4.22. The van der Waals surface area contributed by atoms with Crippen molar-refractivity contribution < 1.29 is 19.1 Å². The van der Waals surface area contributed by atoms with Crippen molar-refractivity contribution in [3.8, 4) is 6.07 Å². The number of benzene rings is 1. The molecule has 19 heavy (non-hydrogen) atoms. The van der Waals surface area contributed by atoms with E-state index in [2.05, 4.69) is 26.6 Å². The number of carbonyl (C=O) groups excluding carboxylic acids is 1. The van der Waals surface area contributed by atoms with Gasteiger partial charge in [-0.3, -0.25) is 9.59 Å². The number of hydrogen-bond donors (Lipinski definition) is 3. The molecule has 0 atom stereocenters. The second-order valence-corrected chi connectivity index (χ2v) is 4.22. The number of carboxylic acids is 1. The molecule has 0 radical (unpaired) electrons. The molecule has 0 spiro atoms. The number of rotatable bonds is 5. The summed E-state index contributed by atoms with van der Waals surface area (Å²) in [6, 6.07) is 4.52. The zero-order valence-corrected chi connectivity index (χ0v) is 11.1. The molecule has 0 unspecified atom stereocenters. The fourth-order valence-electron chi connectivity index (χ4n) is 1.18. The topological polar surface area (TPSA) is 102 Å². The first-order chi connectivity index (χ1) is 8.95. The Kier molecular flexibility index (Phi) is 5.26. The largest absolute Gasteiger partial charge is 0.480 e. The van der Waals surface area contributed by atoms with Crippen LogP contribution in [0.2, 0.25) is 0 Å². The highest BCUT2D eigenvalue weighted by molar-refractivity contribution is 9.10. The van der Waals surface area contributed by atoms with Crippen LogP contribution in [0.4, 0.5) is 10.1 Å². The lowest BCUT2D eigenvalue weighted by molar-refractivity contribution is -0.137. The molecule has 1 rings (SSSR count). The van der Waals surface area contributed by atoms with Crippen LogP contribution >= 0.6 is 15.9 Å². The number of nitrogens with one attached hydrogen (secondary N) is 2. The molecule has 0 fully saturated rings. The van der Waals surface area contributed by atoms with Crippen LogP contribution in [-0.4, -0.2) is 30.1 Å².